The van der Waals surface area contributed by atoms with E-state index in [9.17, 15) is 0 Å². The van der Waals surface area contributed by atoms with E-state index in [1.165, 1.54) is 0 Å². The molecule has 0 bridgehead atoms. The SMILES string of the molecule is CC/C(=N\O)c1ccccc1OCC(C)C. The van der Waals surface area contributed by atoms with Gasteiger partial charge in [0.25, 0.3) is 0 Å². The van der Waals surface area contributed by atoms with E-state index in [-0.39, 0.29) is 0 Å². The summed E-state index contributed by atoms with van der Waals surface area (Å²) < 4.78 is 5.69. The van der Waals surface area contributed by atoms with E-state index >= 15 is 0 Å². The Balaban J connectivity index is 2.91. The average molecular weight is 221 g/mol. The Hall–Kier alpha value is -1.51. The first-order valence-electron chi connectivity index (χ1n) is 5.62. The zero-order valence-electron chi connectivity index (χ0n) is 10.1. The van der Waals surface area contributed by atoms with Crippen molar-refractivity contribution >= 4 is 5.71 Å². The number of benzene rings is 1. The van der Waals surface area contributed by atoms with Gasteiger partial charge in [0, 0.05) is 5.56 Å². The Bertz CT molecular complexity index is 359. The van der Waals surface area contributed by atoms with E-state index in [2.05, 4.69) is 19.0 Å². The van der Waals surface area contributed by atoms with Crippen molar-refractivity contribution in [3.05, 3.63) is 29.8 Å². The molecule has 0 heterocycles. The maximum atomic E-state index is 8.91. The summed E-state index contributed by atoms with van der Waals surface area (Å²) in [5, 5.41) is 12.2. The Morgan fingerprint density at radius 3 is 2.62 bits per heavy atom. The lowest BCUT2D eigenvalue weighted by molar-refractivity contribution is 0.270. The molecule has 3 heteroatoms. The molecule has 88 valence electrons. The van der Waals surface area contributed by atoms with E-state index < -0.39 is 0 Å². The maximum absolute atomic E-state index is 8.91. The molecule has 0 aromatic heterocycles. The molecule has 0 spiro atoms. The highest BCUT2D eigenvalue weighted by molar-refractivity contribution is 6.02. The molecule has 0 amide bonds. The van der Waals surface area contributed by atoms with E-state index in [4.69, 9.17) is 9.94 Å². The molecule has 0 radical (unpaired) electrons. The fourth-order valence-electron chi connectivity index (χ4n) is 1.40. The molecule has 1 aromatic rings. The molecule has 0 aliphatic heterocycles. The Morgan fingerprint density at radius 1 is 1.38 bits per heavy atom. The minimum atomic E-state index is 0.476. The van der Waals surface area contributed by atoms with Crippen molar-refractivity contribution in [1.82, 2.24) is 0 Å². The number of oxime groups is 1. The number of hydrogen-bond donors (Lipinski definition) is 1. The van der Waals surface area contributed by atoms with Crippen LogP contribution in [0.4, 0.5) is 0 Å². The summed E-state index contributed by atoms with van der Waals surface area (Å²) in [7, 11) is 0. The fraction of sp³-hybridized carbons (Fsp3) is 0.462. The van der Waals surface area contributed by atoms with Crippen LogP contribution in [-0.2, 0) is 0 Å². The van der Waals surface area contributed by atoms with Gasteiger partial charge in [0.15, 0.2) is 0 Å². The van der Waals surface area contributed by atoms with Crippen LogP contribution in [0, 0.1) is 5.92 Å². The lowest BCUT2D eigenvalue weighted by Gasteiger charge is -2.13. The third kappa shape index (κ3) is 3.26. The van der Waals surface area contributed by atoms with E-state index in [1.54, 1.807) is 0 Å². The van der Waals surface area contributed by atoms with Crippen molar-refractivity contribution in [3.8, 4) is 5.75 Å². The smallest absolute Gasteiger partial charge is 0.128 e. The van der Waals surface area contributed by atoms with Crippen LogP contribution in [0.15, 0.2) is 29.4 Å². The van der Waals surface area contributed by atoms with Gasteiger partial charge in [0.1, 0.15) is 5.75 Å². The molecule has 1 rings (SSSR count). The van der Waals surface area contributed by atoms with Crippen LogP contribution < -0.4 is 4.74 Å². The summed E-state index contributed by atoms with van der Waals surface area (Å²) in [5.74, 6) is 1.26. The summed E-state index contributed by atoms with van der Waals surface area (Å²) in [6, 6.07) is 7.65. The van der Waals surface area contributed by atoms with Crippen LogP contribution in [0.25, 0.3) is 0 Å². The Morgan fingerprint density at radius 2 is 2.06 bits per heavy atom. The molecular formula is C13H19NO2. The molecule has 0 saturated carbocycles. The average Bonchev–Trinajstić information content (AvgIpc) is 2.29. The van der Waals surface area contributed by atoms with Crippen molar-refractivity contribution in [2.24, 2.45) is 11.1 Å². The van der Waals surface area contributed by atoms with Gasteiger partial charge in [-0.2, -0.15) is 0 Å². The van der Waals surface area contributed by atoms with Gasteiger partial charge in [-0.05, 0) is 24.5 Å². The van der Waals surface area contributed by atoms with Gasteiger partial charge in [0.2, 0.25) is 0 Å². The summed E-state index contributed by atoms with van der Waals surface area (Å²) in [5.41, 5.74) is 1.52. The molecule has 0 saturated heterocycles. The van der Waals surface area contributed by atoms with Crippen molar-refractivity contribution < 1.29 is 9.94 Å². The number of nitrogens with zero attached hydrogens (tertiary/aromatic N) is 1. The topological polar surface area (TPSA) is 41.8 Å². The zero-order chi connectivity index (χ0) is 12.0. The first-order valence-corrected chi connectivity index (χ1v) is 5.62. The Labute approximate surface area is 96.7 Å². The quantitative estimate of drug-likeness (QED) is 0.471. The molecule has 0 aliphatic rings. The highest BCUT2D eigenvalue weighted by atomic mass is 16.5. The normalized spacial score (nSPS) is 11.9. The van der Waals surface area contributed by atoms with Gasteiger partial charge in [-0.25, -0.2) is 0 Å². The van der Waals surface area contributed by atoms with Crippen LogP contribution in [0.1, 0.15) is 32.8 Å². The van der Waals surface area contributed by atoms with Crippen LogP contribution in [0.5, 0.6) is 5.75 Å². The monoisotopic (exact) mass is 221 g/mol. The molecule has 1 aromatic carbocycles. The lowest BCUT2D eigenvalue weighted by Crippen LogP contribution is -2.08. The summed E-state index contributed by atoms with van der Waals surface area (Å²) in [6.07, 6.45) is 0.679. The van der Waals surface area contributed by atoms with Crippen LogP contribution in [0.2, 0.25) is 0 Å². The number of para-hydroxylation sites is 1. The second-order valence-corrected chi connectivity index (χ2v) is 4.10. The second kappa shape index (κ2) is 6.16. The van der Waals surface area contributed by atoms with Crippen LogP contribution in [-0.4, -0.2) is 17.5 Å². The zero-order valence-corrected chi connectivity index (χ0v) is 10.1. The molecule has 16 heavy (non-hydrogen) atoms. The summed E-state index contributed by atoms with van der Waals surface area (Å²) in [6.45, 7) is 6.82. The minimum absolute atomic E-state index is 0.476. The van der Waals surface area contributed by atoms with Crippen molar-refractivity contribution in [3.63, 3.8) is 0 Å². The van der Waals surface area contributed by atoms with E-state index in [0.717, 1.165) is 11.3 Å². The molecular weight excluding hydrogens is 202 g/mol. The number of rotatable bonds is 5. The van der Waals surface area contributed by atoms with Crippen LogP contribution >= 0.6 is 0 Å². The van der Waals surface area contributed by atoms with E-state index in [0.29, 0.717) is 24.7 Å². The number of ether oxygens (including phenoxy) is 1. The molecule has 0 fully saturated rings. The first kappa shape index (κ1) is 12.6. The van der Waals surface area contributed by atoms with Crippen LogP contribution in [0.3, 0.4) is 0 Å². The molecule has 0 aliphatic carbocycles. The highest BCUT2D eigenvalue weighted by Gasteiger charge is 2.09. The molecule has 0 atom stereocenters. The fourth-order valence-corrected chi connectivity index (χ4v) is 1.40. The van der Waals surface area contributed by atoms with Crippen molar-refractivity contribution in [1.29, 1.82) is 0 Å². The van der Waals surface area contributed by atoms with Crippen molar-refractivity contribution in [2.75, 3.05) is 6.61 Å². The van der Waals surface area contributed by atoms with Gasteiger partial charge < -0.3 is 9.94 Å². The predicted octanol–water partition coefficient (Wildman–Crippen LogP) is 3.31. The predicted molar refractivity (Wildman–Crippen MR) is 65.4 cm³/mol. The van der Waals surface area contributed by atoms with Gasteiger partial charge >= 0.3 is 0 Å². The number of hydrogen-bond acceptors (Lipinski definition) is 3. The highest BCUT2D eigenvalue weighted by Crippen LogP contribution is 2.20. The standard InChI is InChI=1S/C13H19NO2/c1-4-12(14-15)11-7-5-6-8-13(11)16-9-10(2)3/h5-8,10,15H,4,9H2,1-3H3/b14-12+. The largest absolute Gasteiger partial charge is 0.493 e. The van der Waals surface area contributed by atoms with Gasteiger partial charge in [-0.15, -0.1) is 0 Å². The molecule has 3 nitrogen and oxygen atoms in total. The van der Waals surface area contributed by atoms with Crippen molar-refractivity contribution in [2.45, 2.75) is 27.2 Å². The van der Waals surface area contributed by atoms with Gasteiger partial charge in [-0.1, -0.05) is 38.1 Å². The maximum Gasteiger partial charge on any atom is 0.128 e. The van der Waals surface area contributed by atoms with E-state index in [1.807, 2.05) is 31.2 Å². The summed E-state index contributed by atoms with van der Waals surface area (Å²) in [4.78, 5) is 0. The Kier molecular flexibility index (Phi) is 4.83. The second-order valence-electron chi connectivity index (χ2n) is 4.10. The minimum Gasteiger partial charge on any atom is -0.493 e. The van der Waals surface area contributed by atoms with Gasteiger partial charge in [0.05, 0.1) is 12.3 Å². The first-order chi connectivity index (χ1) is 7.69. The third-order valence-corrected chi connectivity index (χ3v) is 2.23. The third-order valence-electron chi connectivity index (χ3n) is 2.23. The summed E-state index contributed by atoms with van der Waals surface area (Å²) >= 11 is 0. The lowest BCUT2D eigenvalue weighted by atomic mass is 10.1. The molecule has 0 unspecified atom stereocenters. The van der Waals surface area contributed by atoms with Gasteiger partial charge in [-0.3, -0.25) is 0 Å². The molecule has 1 N–H and O–H groups in total.